The number of aromatic nitrogens is 3. The number of nitrogens with zero attached hydrogens (tertiary/aromatic N) is 3. The topological polar surface area (TPSA) is 80.9 Å². The second kappa shape index (κ2) is 5.96. The first kappa shape index (κ1) is 13.0. The van der Waals surface area contributed by atoms with Crippen molar-refractivity contribution in [1.29, 1.82) is 0 Å². The molecule has 0 unspecified atom stereocenters. The Kier molecular flexibility index (Phi) is 3.68. The molecule has 104 valence electrons. The van der Waals surface area contributed by atoms with E-state index in [1.807, 2.05) is 18.2 Å². The summed E-state index contributed by atoms with van der Waals surface area (Å²) in [5.74, 6) is 0.427. The van der Waals surface area contributed by atoms with Crippen molar-refractivity contribution in [3.05, 3.63) is 66.6 Å². The number of carbonyl (C=O) groups excluding carboxylic acids is 1. The fourth-order valence-corrected chi connectivity index (χ4v) is 1.83. The van der Waals surface area contributed by atoms with Gasteiger partial charge in [-0.2, -0.15) is 0 Å². The van der Waals surface area contributed by atoms with E-state index in [-0.39, 0.29) is 11.6 Å². The molecule has 1 N–H and O–H groups in total. The minimum atomic E-state index is -0.264. The summed E-state index contributed by atoms with van der Waals surface area (Å²) >= 11 is 0. The Labute approximate surface area is 120 Å². The first-order valence-corrected chi connectivity index (χ1v) is 6.36. The van der Waals surface area contributed by atoms with E-state index < -0.39 is 0 Å². The Bertz CT molecular complexity index is 726. The predicted molar refractivity (Wildman–Crippen MR) is 75.1 cm³/mol. The summed E-state index contributed by atoms with van der Waals surface area (Å²) in [6, 6.07) is 7.35. The van der Waals surface area contributed by atoms with Crippen molar-refractivity contribution in [2.75, 3.05) is 0 Å². The van der Waals surface area contributed by atoms with E-state index >= 15 is 0 Å². The lowest BCUT2D eigenvalue weighted by Crippen LogP contribution is -2.23. The van der Waals surface area contributed by atoms with Gasteiger partial charge in [0.05, 0.1) is 12.5 Å². The zero-order valence-electron chi connectivity index (χ0n) is 11.1. The zero-order valence-corrected chi connectivity index (χ0v) is 11.1. The number of pyridine rings is 1. The van der Waals surface area contributed by atoms with Gasteiger partial charge in [-0.15, -0.1) is 0 Å². The smallest absolute Gasteiger partial charge is 0.271 e. The van der Waals surface area contributed by atoms with Crippen LogP contribution in [0, 0.1) is 0 Å². The van der Waals surface area contributed by atoms with Crippen LogP contribution in [0.25, 0.3) is 11.5 Å². The molecule has 0 bridgehead atoms. The molecule has 3 rings (SSSR count). The molecule has 3 heterocycles. The first-order chi connectivity index (χ1) is 10.3. The Balaban J connectivity index is 1.69. The van der Waals surface area contributed by atoms with E-state index in [9.17, 15) is 4.79 Å². The van der Waals surface area contributed by atoms with Gasteiger partial charge in [0.1, 0.15) is 11.4 Å². The molecule has 6 nitrogen and oxygen atoms in total. The van der Waals surface area contributed by atoms with E-state index in [1.54, 1.807) is 18.5 Å². The van der Waals surface area contributed by atoms with Gasteiger partial charge in [-0.1, -0.05) is 0 Å². The molecule has 21 heavy (non-hydrogen) atoms. The van der Waals surface area contributed by atoms with Crippen LogP contribution in [-0.2, 0) is 6.54 Å². The highest BCUT2D eigenvalue weighted by atomic mass is 16.3. The van der Waals surface area contributed by atoms with Crippen LogP contribution >= 0.6 is 0 Å². The SMILES string of the molecule is O=C(NCc1ccnc(-c2ccco2)c1)c1cnccn1. The van der Waals surface area contributed by atoms with Crippen LogP contribution in [0.4, 0.5) is 0 Å². The second-order valence-corrected chi connectivity index (χ2v) is 4.30. The average Bonchev–Trinajstić information content (AvgIpc) is 3.08. The quantitative estimate of drug-likeness (QED) is 0.791. The third kappa shape index (κ3) is 3.11. The maximum absolute atomic E-state index is 11.9. The van der Waals surface area contributed by atoms with Gasteiger partial charge in [-0.3, -0.25) is 14.8 Å². The molecule has 0 fully saturated rings. The molecule has 0 atom stereocenters. The van der Waals surface area contributed by atoms with E-state index in [1.165, 1.54) is 18.6 Å². The van der Waals surface area contributed by atoms with Crippen molar-refractivity contribution >= 4 is 5.91 Å². The summed E-state index contributed by atoms with van der Waals surface area (Å²) in [4.78, 5) is 23.9. The largest absolute Gasteiger partial charge is 0.463 e. The predicted octanol–water partition coefficient (Wildman–Crippen LogP) is 2.06. The lowest BCUT2D eigenvalue weighted by Gasteiger charge is -2.05. The summed E-state index contributed by atoms with van der Waals surface area (Å²) in [5, 5.41) is 2.79. The van der Waals surface area contributed by atoms with Crippen molar-refractivity contribution in [1.82, 2.24) is 20.3 Å². The van der Waals surface area contributed by atoms with Gasteiger partial charge >= 0.3 is 0 Å². The molecule has 3 aromatic heterocycles. The van der Waals surface area contributed by atoms with Crippen LogP contribution in [0.3, 0.4) is 0 Å². The summed E-state index contributed by atoms with van der Waals surface area (Å²) in [6.45, 7) is 0.381. The van der Waals surface area contributed by atoms with Gasteiger partial charge in [0, 0.05) is 25.1 Å². The molecule has 6 heteroatoms. The molecule has 0 aliphatic rings. The highest BCUT2D eigenvalue weighted by Gasteiger charge is 2.07. The Morgan fingerprint density at radius 3 is 2.90 bits per heavy atom. The zero-order chi connectivity index (χ0) is 14.5. The standard InChI is InChI=1S/C15H12N4O2/c20-15(13-10-16-5-6-18-13)19-9-11-3-4-17-12(8-11)14-2-1-7-21-14/h1-8,10H,9H2,(H,19,20). The molecule has 0 saturated heterocycles. The monoisotopic (exact) mass is 280 g/mol. The number of amides is 1. The summed E-state index contributed by atoms with van der Waals surface area (Å²) < 4.78 is 5.30. The Hall–Kier alpha value is -3.02. The fraction of sp³-hybridized carbons (Fsp3) is 0.0667. The van der Waals surface area contributed by atoms with Gasteiger partial charge in [-0.25, -0.2) is 4.98 Å². The number of rotatable bonds is 4. The minimum Gasteiger partial charge on any atom is -0.463 e. The first-order valence-electron chi connectivity index (χ1n) is 6.36. The van der Waals surface area contributed by atoms with Crippen LogP contribution in [0.2, 0.25) is 0 Å². The molecule has 0 aromatic carbocycles. The van der Waals surface area contributed by atoms with Gasteiger partial charge in [-0.05, 0) is 29.8 Å². The molecule has 0 spiro atoms. The normalized spacial score (nSPS) is 10.3. The molecule has 0 saturated carbocycles. The van der Waals surface area contributed by atoms with Gasteiger partial charge in [0.2, 0.25) is 0 Å². The number of hydrogen-bond donors (Lipinski definition) is 1. The summed E-state index contributed by atoms with van der Waals surface area (Å²) in [5.41, 5.74) is 1.94. The maximum Gasteiger partial charge on any atom is 0.271 e. The van der Waals surface area contributed by atoms with Gasteiger partial charge < -0.3 is 9.73 Å². The lowest BCUT2D eigenvalue weighted by atomic mass is 10.2. The number of furan rings is 1. The molecule has 0 radical (unpaired) electrons. The van der Waals surface area contributed by atoms with Crippen LogP contribution in [-0.4, -0.2) is 20.9 Å². The highest BCUT2D eigenvalue weighted by Crippen LogP contribution is 2.17. The molecule has 1 amide bonds. The third-order valence-electron chi connectivity index (χ3n) is 2.85. The highest BCUT2D eigenvalue weighted by molar-refractivity contribution is 5.91. The number of hydrogen-bond acceptors (Lipinski definition) is 5. The van der Waals surface area contributed by atoms with E-state index in [4.69, 9.17) is 4.42 Å². The minimum absolute atomic E-state index is 0.264. The number of carbonyl (C=O) groups is 1. The third-order valence-corrected chi connectivity index (χ3v) is 2.85. The van der Waals surface area contributed by atoms with E-state index in [2.05, 4.69) is 20.3 Å². The lowest BCUT2D eigenvalue weighted by molar-refractivity contribution is 0.0945. The van der Waals surface area contributed by atoms with Gasteiger partial charge in [0.25, 0.3) is 5.91 Å². The molecular formula is C15H12N4O2. The van der Waals surface area contributed by atoms with E-state index in [0.717, 1.165) is 11.3 Å². The van der Waals surface area contributed by atoms with E-state index in [0.29, 0.717) is 12.3 Å². The molecule has 3 aromatic rings. The molecule has 0 aliphatic heterocycles. The fourth-order valence-electron chi connectivity index (χ4n) is 1.83. The Morgan fingerprint density at radius 2 is 2.14 bits per heavy atom. The van der Waals surface area contributed by atoms with Crippen molar-refractivity contribution in [3.63, 3.8) is 0 Å². The molecular weight excluding hydrogens is 268 g/mol. The van der Waals surface area contributed by atoms with Crippen molar-refractivity contribution in [2.24, 2.45) is 0 Å². The number of nitrogens with one attached hydrogen (secondary N) is 1. The van der Waals surface area contributed by atoms with Crippen LogP contribution in [0.1, 0.15) is 16.1 Å². The van der Waals surface area contributed by atoms with Crippen molar-refractivity contribution in [3.8, 4) is 11.5 Å². The van der Waals surface area contributed by atoms with Crippen LogP contribution in [0.5, 0.6) is 0 Å². The van der Waals surface area contributed by atoms with Crippen LogP contribution in [0.15, 0.2) is 59.7 Å². The maximum atomic E-state index is 11.9. The molecule has 0 aliphatic carbocycles. The average molecular weight is 280 g/mol. The van der Waals surface area contributed by atoms with Gasteiger partial charge in [0.15, 0.2) is 5.76 Å². The van der Waals surface area contributed by atoms with Crippen LogP contribution < -0.4 is 5.32 Å². The van der Waals surface area contributed by atoms with Crippen molar-refractivity contribution < 1.29 is 9.21 Å². The summed E-state index contributed by atoms with van der Waals surface area (Å²) in [7, 11) is 0. The summed E-state index contributed by atoms with van der Waals surface area (Å²) in [6.07, 6.45) is 7.71. The van der Waals surface area contributed by atoms with Crippen molar-refractivity contribution in [2.45, 2.75) is 6.54 Å². The second-order valence-electron chi connectivity index (χ2n) is 4.30. The Morgan fingerprint density at radius 1 is 1.19 bits per heavy atom.